The molecule has 0 aliphatic carbocycles. The number of carbonyl (C=O) groups is 6. The van der Waals surface area contributed by atoms with Gasteiger partial charge in [-0.3, -0.25) is 14.5 Å². The van der Waals surface area contributed by atoms with Crippen molar-refractivity contribution in [1.29, 1.82) is 0 Å². The SMILES string of the molecule is CC(=O)N1CCN(C(C)C(=O)Nc2ccc(N(C)C)cc2)CC1.O=C(O)C(=O)O.O=C(O)C(=O)O. The summed E-state index contributed by atoms with van der Waals surface area (Å²) < 4.78 is 0. The molecule has 194 valence electrons. The maximum Gasteiger partial charge on any atom is 0.414 e. The van der Waals surface area contributed by atoms with Gasteiger partial charge >= 0.3 is 23.9 Å². The molecule has 0 bridgehead atoms. The Labute approximate surface area is 201 Å². The summed E-state index contributed by atoms with van der Waals surface area (Å²) in [4.78, 5) is 66.1. The number of nitrogens with zero attached hydrogens (tertiary/aromatic N) is 3. The molecule has 0 aromatic heterocycles. The number of anilines is 2. The molecular formula is C21H30N4O10. The first kappa shape index (κ1) is 30.8. The largest absolute Gasteiger partial charge is 0.473 e. The first-order chi connectivity index (χ1) is 16.2. The predicted octanol–water partition coefficient (Wildman–Crippen LogP) is -0.445. The highest BCUT2D eigenvalue weighted by atomic mass is 16.4. The molecule has 1 aliphatic heterocycles. The average Bonchev–Trinajstić information content (AvgIpc) is 2.79. The van der Waals surface area contributed by atoms with Crippen molar-refractivity contribution in [3.05, 3.63) is 24.3 Å². The number of nitrogens with one attached hydrogen (secondary N) is 1. The Hall–Kier alpha value is -4.20. The number of carbonyl (C=O) groups excluding carboxylic acids is 2. The lowest BCUT2D eigenvalue weighted by Crippen LogP contribution is -2.53. The first-order valence-corrected chi connectivity index (χ1v) is 10.2. The van der Waals surface area contributed by atoms with Gasteiger partial charge in [0.05, 0.1) is 6.04 Å². The lowest BCUT2D eigenvalue weighted by atomic mass is 10.2. The number of piperazine rings is 1. The standard InChI is InChI=1S/C17H26N4O2.2C2H2O4/c1-13(20-9-11-21(12-10-20)14(2)22)17(23)18-15-5-7-16(8-6-15)19(3)4;2*3-1(4)2(5)6/h5-8,13H,9-12H2,1-4H3,(H,18,23);2*(H,3,4)(H,5,6). The lowest BCUT2D eigenvalue weighted by Gasteiger charge is -2.37. The minimum absolute atomic E-state index is 0.0149. The Morgan fingerprint density at radius 3 is 1.51 bits per heavy atom. The van der Waals surface area contributed by atoms with Crippen LogP contribution >= 0.6 is 0 Å². The molecule has 0 spiro atoms. The van der Waals surface area contributed by atoms with Crippen LogP contribution < -0.4 is 10.2 Å². The zero-order chi connectivity index (χ0) is 27.3. The number of rotatable bonds is 4. The van der Waals surface area contributed by atoms with Crippen molar-refractivity contribution in [2.45, 2.75) is 19.9 Å². The minimum atomic E-state index is -1.82. The van der Waals surface area contributed by atoms with E-state index in [1.54, 1.807) is 6.92 Å². The van der Waals surface area contributed by atoms with Crippen molar-refractivity contribution in [3.63, 3.8) is 0 Å². The fourth-order valence-electron chi connectivity index (χ4n) is 2.68. The van der Waals surface area contributed by atoms with Crippen LogP contribution in [0.15, 0.2) is 24.3 Å². The van der Waals surface area contributed by atoms with Crippen molar-refractivity contribution < 1.29 is 49.2 Å². The molecule has 14 heteroatoms. The highest BCUT2D eigenvalue weighted by molar-refractivity contribution is 6.27. The quantitative estimate of drug-likeness (QED) is 0.335. The summed E-state index contributed by atoms with van der Waals surface area (Å²) in [6.45, 7) is 6.33. The summed E-state index contributed by atoms with van der Waals surface area (Å²) in [5, 5.41) is 32.5. The van der Waals surface area contributed by atoms with Crippen molar-refractivity contribution in [2.24, 2.45) is 0 Å². The van der Waals surface area contributed by atoms with Gasteiger partial charge in [-0.1, -0.05) is 0 Å². The summed E-state index contributed by atoms with van der Waals surface area (Å²) >= 11 is 0. The van der Waals surface area contributed by atoms with Gasteiger partial charge in [0.2, 0.25) is 11.8 Å². The molecule has 1 aliphatic rings. The molecule has 14 nitrogen and oxygen atoms in total. The van der Waals surface area contributed by atoms with Crippen LogP contribution in [0.2, 0.25) is 0 Å². The molecule has 1 aromatic carbocycles. The maximum absolute atomic E-state index is 12.4. The van der Waals surface area contributed by atoms with Gasteiger partial charge in [-0.2, -0.15) is 0 Å². The van der Waals surface area contributed by atoms with Crippen LogP contribution in [-0.2, 0) is 28.8 Å². The number of carboxylic acids is 4. The molecule has 35 heavy (non-hydrogen) atoms. The summed E-state index contributed by atoms with van der Waals surface area (Å²) in [7, 11) is 3.96. The molecule has 1 atom stereocenters. The van der Waals surface area contributed by atoms with Crippen molar-refractivity contribution in [1.82, 2.24) is 9.80 Å². The fraction of sp³-hybridized carbons (Fsp3) is 0.429. The lowest BCUT2D eigenvalue weighted by molar-refractivity contribution is -0.159. The van der Waals surface area contributed by atoms with E-state index in [0.717, 1.165) is 24.5 Å². The van der Waals surface area contributed by atoms with Gasteiger partial charge in [-0.25, -0.2) is 19.2 Å². The molecular weight excluding hydrogens is 468 g/mol. The molecule has 2 rings (SSSR count). The molecule has 5 N–H and O–H groups in total. The zero-order valence-electron chi connectivity index (χ0n) is 19.8. The van der Waals surface area contributed by atoms with Gasteiger partial charge in [0.1, 0.15) is 0 Å². The van der Waals surface area contributed by atoms with Crippen LogP contribution in [-0.4, -0.2) is 112 Å². The van der Waals surface area contributed by atoms with Gasteiger partial charge in [0.15, 0.2) is 0 Å². The number of carboxylic acid groups (broad SMARTS) is 4. The fourth-order valence-corrected chi connectivity index (χ4v) is 2.68. The summed E-state index contributed by atoms with van der Waals surface area (Å²) in [5.41, 5.74) is 1.89. The number of hydrogen-bond acceptors (Lipinski definition) is 8. The van der Waals surface area contributed by atoms with E-state index in [1.807, 2.05) is 55.1 Å². The topological polar surface area (TPSA) is 205 Å². The molecule has 0 saturated carbocycles. The van der Waals surface area contributed by atoms with Gasteiger partial charge in [0, 0.05) is 58.6 Å². The van der Waals surface area contributed by atoms with E-state index < -0.39 is 23.9 Å². The normalized spacial score (nSPS) is 13.5. The highest BCUT2D eigenvalue weighted by Crippen LogP contribution is 2.16. The van der Waals surface area contributed by atoms with Gasteiger partial charge in [0.25, 0.3) is 0 Å². The maximum atomic E-state index is 12.4. The monoisotopic (exact) mass is 498 g/mol. The van der Waals surface area contributed by atoms with E-state index in [9.17, 15) is 9.59 Å². The third-order valence-corrected chi connectivity index (χ3v) is 4.70. The first-order valence-electron chi connectivity index (χ1n) is 10.2. The van der Waals surface area contributed by atoms with Gasteiger partial charge in [-0.05, 0) is 31.2 Å². The van der Waals surface area contributed by atoms with Gasteiger partial charge in [-0.15, -0.1) is 0 Å². The number of hydrogen-bond donors (Lipinski definition) is 5. The van der Waals surface area contributed by atoms with Crippen molar-refractivity contribution in [3.8, 4) is 0 Å². The van der Waals surface area contributed by atoms with E-state index in [1.165, 1.54) is 0 Å². The third-order valence-electron chi connectivity index (χ3n) is 4.70. The minimum Gasteiger partial charge on any atom is -0.473 e. The Kier molecular flexibility index (Phi) is 13.1. The Balaban J connectivity index is 0.000000797. The molecule has 1 unspecified atom stereocenters. The van der Waals surface area contributed by atoms with Crippen LogP contribution in [0.25, 0.3) is 0 Å². The highest BCUT2D eigenvalue weighted by Gasteiger charge is 2.26. The Morgan fingerprint density at radius 2 is 1.20 bits per heavy atom. The summed E-state index contributed by atoms with van der Waals surface area (Å²) in [6, 6.07) is 7.57. The van der Waals surface area contributed by atoms with E-state index >= 15 is 0 Å². The Bertz CT molecular complexity index is 861. The van der Waals surface area contributed by atoms with Crippen LogP contribution in [0, 0.1) is 0 Å². The zero-order valence-corrected chi connectivity index (χ0v) is 19.8. The second-order valence-corrected chi connectivity index (χ2v) is 7.37. The van der Waals surface area contributed by atoms with Crippen molar-refractivity contribution >= 4 is 47.1 Å². The smallest absolute Gasteiger partial charge is 0.414 e. The van der Waals surface area contributed by atoms with E-state index in [4.69, 9.17) is 39.6 Å². The average molecular weight is 498 g/mol. The third kappa shape index (κ3) is 12.0. The molecule has 2 amide bonds. The summed E-state index contributed by atoms with van der Waals surface area (Å²) in [5.74, 6) is -7.21. The second kappa shape index (κ2) is 14.8. The van der Waals surface area contributed by atoms with E-state index in [-0.39, 0.29) is 17.9 Å². The summed E-state index contributed by atoms with van der Waals surface area (Å²) in [6.07, 6.45) is 0. The van der Waals surface area contributed by atoms with Gasteiger partial charge < -0.3 is 35.5 Å². The van der Waals surface area contributed by atoms with Crippen molar-refractivity contribution in [2.75, 3.05) is 50.5 Å². The number of aliphatic carboxylic acids is 4. The molecule has 1 heterocycles. The Morgan fingerprint density at radius 1 is 0.800 bits per heavy atom. The predicted molar refractivity (Wildman–Crippen MR) is 123 cm³/mol. The van der Waals surface area contributed by atoms with E-state index in [0.29, 0.717) is 13.1 Å². The molecule has 1 fully saturated rings. The second-order valence-electron chi connectivity index (χ2n) is 7.37. The number of amides is 2. The van der Waals surface area contributed by atoms with Crippen LogP contribution in [0.1, 0.15) is 13.8 Å². The molecule has 1 aromatic rings. The molecule has 0 radical (unpaired) electrons. The number of benzene rings is 1. The van der Waals surface area contributed by atoms with Crippen LogP contribution in [0.3, 0.4) is 0 Å². The molecule has 1 saturated heterocycles. The van der Waals surface area contributed by atoms with Crippen LogP contribution in [0.5, 0.6) is 0 Å². The van der Waals surface area contributed by atoms with E-state index in [2.05, 4.69) is 10.2 Å². The van der Waals surface area contributed by atoms with Crippen LogP contribution in [0.4, 0.5) is 11.4 Å².